The molecule has 2 amide bonds. The Labute approximate surface area is 181 Å². The van der Waals surface area contributed by atoms with Gasteiger partial charge in [0.15, 0.2) is 0 Å². The number of oxazole rings is 1. The van der Waals surface area contributed by atoms with Crippen LogP contribution in [0, 0.1) is 13.8 Å². The molecule has 0 unspecified atom stereocenters. The summed E-state index contributed by atoms with van der Waals surface area (Å²) in [4.78, 5) is 21.3. The summed E-state index contributed by atoms with van der Waals surface area (Å²) >= 11 is 5.89. The minimum Gasteiger partial charge on any atom is -0.441 e. The summed E-state index contributed by atoms with van der Waals surface area (Å²) in [5, 5.41) is 3.57. The van der Waals surface area contributed by atoms with Crippen molar-refractivity contribution in [3.05, 3.63) is 70.6 Å². The molecule has 30 heavy (non-hydrogen) atoms. The van der Waals surface area contributed by atoms with Gasteiger partial charge < -0.3 is 14.6 Å². The van der Waals surface area contributed by atoms with Crippen LogP contribution in [0.5, 0.6) is 0 Å². The zero-order valence-electron chi connectivity index (χ0n) is 17.2. The van der Waals surface area contributed by atoms with Crippen LogP contribution in [0.4, 0.5) is 10.5 Å². The van der Waals surface area contributed by atoms with E-state index >= 15 is 0 Å². The average molecular weight is 425 g/mol. The Hall–Kier alpha value is -2.83. The lowest BCUT2D eigenvalue weighted by molar-refractivity contribution is 0.141. The molecule has 2 heterocycles. The molecule has 3 aromatic rings. The fraction of sp³-hybridized carbons (Fsp3) is 0.304. The maximum atomic E-state index is 12.5. The zero-order valence-corrected chi connectivity index (χ0v) is 17.9. The summed E-state index contributed by atoms with van der Waals surface area (Å²) < 4.78 is 5.89. The van der Waals surface area contributed by atoms with Gasteiger partial charge in [0.2, 0.25) is 5.89 Å². The average Bonchev–Trinajstić information content (AvgIpc) is 3.11. The van der Waals surface area contributed by atoms with Crippen molar-refractivity contribution in [1.82, 2.24) is 14.8 Å². The number of urea groups is 1. The first-order chi connectivity index (χ1) is 14.5. The van der Waals surface area contributed by atoms with Crippen LogP contribution in [0.25, 0.3) is 11.5 Å². The molecule has 1 aliphatic heterocycles. The Kier molecular flexibility index (Phi) is 6.06. The van der Waals surface area contributed by atoms with E-state index in [9.17, 15) is 4.79 Å². The van der Waals surface area contributed by atoms with E-state index < -0.39 is 0 Å². The topological polar surface area (TPSA) is 61.6 Å². The molecule has 0 bridgehead atoms. The number of hydrogen-bond acceptors (Lipinski definition) is 4. The van der Waals surface area contributed by atoms with Crippen LogP contribution in [0.3, 0.4) is 0 Å². The Balaban J connectivity index is 1.32. The van der Waals surface area contributed by atoms with Gasteiger partial charge in [0.25, 0.3) is 0 Å². The van der Waals surface area contributed by atoms with Gasteiger partial charge in [0.1, 0.15) is 5.76 Å². The smallest absolute Gasteiger partial charge is 0.321 e. The molecule has 6 nitrogen and oxygen atoms in total. The highest BCUT2D eigenvalue weighted by molar-refractivity contribution is 6.30. The number of amides is 2. The molecule has 0 spiro atoms. The van der Waals surface area contributed by atoms with Crippen molar-refractivity contribution in [3.8, 4) is 11.5 Å². The van der Waals surface area contributed by atoms with E-state index in [2.05, 4.69) is 29.3 Å². The summed E-state index contributed by atoms with van der Waals surface area (Å²) in [6.07, 6.45) is 0. The van der Waals surface area contributed by atoms with Gasteiger partial charge in [-0.3, -0.25) is 4.90 Å². The largest absolute Gasteiger partial charge is 0.441 e. The maximum Gasteiger partial charge on any atom is 0.321 e. The van der Waals surface area contributed by atoms with Crippen molar-refractivity contribution in [1.29, 1.82) is 0 Å². The predicted molar refractivity (Wildman–Crippen MR) is 119 cm³/mol. The van der Waals surface area contributed by atoms with E-state index in [-0.39, 0.29) is 6.03 Å². The number of hydrogen-bond donors (Lipinski definition) is 1. The van der Waals surface area contributed by atoms with Crippen molar-refractivity contribution in [2.75, 3.05) is 31.5 Å². The molecule has 4 rings (SSSR count). The van der Waals surface area contributed by atoms with Crippen LogP contribution in [0.1, 0.15) is 17.0 Å². The summed E-state index contributed by atoms with van der Waals surface area (Å²) in [5.41, 5.74) is 3.89. The number of anilines is 1. The molecular formula is C23H25ClN4O2. The molecular weight excluding hydrogens is 400 g/mol. The van der Waals surface area contributed by atoms with Crippen LogP contribution >= 0.6 is 11.6 Å². The highest BCUT2D eigenvalue weighted by Crippen LogP contribution is 2.23. The Morgan fingerprint density at radius 1 is 1.03 bits per heavy atom. The van der Waals surface area contributed by atoms with E-state index in [1.807, 2.05) is 24.0 Å². The number of nitrogens with one attached hydrogen (secondary N) is 1. The van der Waals surface area contributed by atoms with Crippen LogP contribution in [0.15, 0.2) is 52.9 Å². The maximum absolute atomic E-state index is 12.5. The molecule has 156 valence electrons. The monoisotopic (exact) mass is 424 g/mol. The number of carbonyl (C=O) groups is 1. The van der Waals surface area contributed by atoms with E-state index in [0.29, 0.717) is 30.5 Å². The molecule has 1 N–H and O–H groups in total. The van der Waals surface area contributed by atoms with Crippen LogP contribution in [0.2, 0.25) is 5.02 Å². The summed E-state index contributed by atoms with van der Waals surface area (Å²) in [7, 11) is 0. The molecule has 0 saturated carbocycles. The van der Waals surface area contributed by atoms with Crippen LogP contribution in [-0.4, -0.2) is 47.0 Å². The number of benzene rings is 2. The van der Waals surface area contributed by atoms with Gasteiger partial charge in [0, 0.05) is 49.0 Å². The second-order valence-corrected chi connectivity index (χ2v) is 8.02. The van der Waals surface area contributed by atoms with Crippen LogP contribution < -0.4 is 5.32 Å². The van der Waals surface area contributed by atoms with Crippen molar-refractivity contribution in [3.63, 3.8) is 0 Å². The Morgan fingerprint density at radius 3 is 2.37 bits per heavy atom. The number of halogens is 1. The van der Waals surface area contributed by atoms with Gasteiger partial charge >= 0.3 is 6.03 Å². The highest BCUT2D eigenvalue weighted by Gasteiger charge is 2.23. The second kappa shape index (κ2) is 8.90. The zero-order chi connectivity index (χ0) is 21.1. The van der Waals surface area contributed by atoms with Crippen molar-refractivity contribution in [2.45, 2.75) is 20.4 Å². The number of aryl methyl sites for hydroxylation is 2. The number of nitrogens with zero attached hydrogens (tertiary/aromatic N) is 3. The minimum atomic E-state index is -0.0868. The molecule has 1 aromatic heterocycles. The Bertz CT molecular complexity index is 1010. The third-order valence-electron chi connectivity index (χ3n) is 5.32. The number of carbonyl (C=O) groups excluding carboxylic acids is 1. The summed E-state index contributed by atoms with van der Waals surface area (Å²) in [6.45, 7) is 7.65. The van der Waals surface area contributed by atoms with Gasteiger partial charge in [-0.2, -0.15) is 0 Å². The quantitative estimate of drug-likeness (QED) is 0.642. The lowest BCUT2D eigenvalue weighted by atomic mass is 10.1. The lowest BCUT2D eigenvalue weighted by Gasteiger charge is -2.34. The van der Waals surface area contributed by atoms with E-state index in [4.69, 9.17) is 21.0 Å². The molecule has 0 radical (unpaired) electrons. The van der Waals surface area contributed by atoms with E-state index in [1.165, 1.54) is 5.56 Å². The molecule has 1 aliphatic rings. The first kappa shape index (κ1) is 20.4. The fourth-order valence-electron chi connectivity index (χ4n) is 3.45. The van der Waals surface area contributed by atoms with Crippen molar-refractivity contribution < 1.29 is 9.21 Å². The molecule has 0 atom stereocenters. The molecule has 7 heteroatoms. The number of rotatable bonds is 4. The first-order valence-corrected chi connectivity index (χ1v) is 10.4. The third-order valence-corrected chi connectivity index (χ3v) is 5.57. The summed E-state index contributed by atoms with van der Waals surface area (Å²) in [6, 6.07) is 15.2. The molecule has 2 aromatic carbocycles. The SMILES string of the molecule is Cc1ccc(-c2nc(CN3CCN(C(=O)Nc4ccc(Cl)cc4)CC3)c(C)o2)cc1. The highest BCUT2D eigenvalue weighted by atomic mass is 35.5. The first-order valence-electron chi connectivity index (χ1n) is 10.0. The van der Waals surface area contributed by atoms with Crippen LogP contribution in [-0.2, 0) is 6.54 Å². The normalized spacial score (nSPS) is 14.7. The van der Waals surface area contributed by atoms with Gasteiger partial charge in [-0.15, -0.1) is 0 Å². The van der Waals surface area contributed by atoms with Gasteiger partial charge in [-0.25, -0.2) is 9.78 Å². The van der Waals surface area contributed by atoms with E-state index in [1.54, 1.807) is 24.3 Å². The number of piperazine rings is 1. The second-order valence-electron chi connectivity index (χ2n) is 7.59. The predicted octanol–water partition coefficient (Wildman–Crippen LogP) is 4.96. The fourth-order valence-corrected chi connectivity index (χ4v) is 3.58. The lowest BCUT2D eigenvalue weighted by Crippen LogP contribution is -2.49. The molecule has 0 aliphatic carbocycles. The third kappa shape index (κ3) is 4.83. The van der Waals surface area contributed by atoms with E-state index in [0.717, 1.165) is 35.8 Å². The molecule has 1 fully saturated rings. The standard InChI is InChI=1S/C23H25ClN4O2/c1-16-3-5-18(6-4-16)22-26-21(17(2)30-22)15-27-11-13-28(14-12-27)23(29)25-20-9-7-19(24)8-10-20/h3-10H,11-15H2,1-2H3,(H,25,29). The van der Waals surface area contributed by atoms with Gasteiger partial charge in [-0.05, 0) is 50.2 Å². The Morgan fingerprint density at radius 2 is 1.70 bits per heavy atom. The number of aromatic nitrogens is 1. The van der Waals surface area contributed by atoms with Crippen molar-refractivity contribution in [2.24, 2.45) is 0 Å². The van der Waals surface area contributed by atoms with Gasteiger partial charge in [0.05, 0.1) is 5.69 Å². The summed E-state index contributed by atoms with van der Waals surface area (Å²) in [5.74, 6) is 1.50. The minimum absolute atomic E-state index is 0.0868. The molecule has 1 saturated heterocycles. The van der Waals surface area contributed by atoms with Gasteiger partial charge in [-0.1, -0.05) is 29.3 Å². The van der Waals surface area contributed by atoms with Crippen molar-refractivity contribution >= 4 is 23.3 Å².